The maximum Gasteiger partial charge on any atom is 0.231 e. The van der Waals surface area contributed by atoms with Gasteiger partial charge in [-0.1, -0.05) is 35.4 Å². The third kappa shape index (κ3) is 3.12. The van der Waals surface area contributed by atoms with E-state index in [1.807, 2.05) is 49.4 Å². The smallest absolute Gasteiger partial charge is 0.231 e. The van der Waals surface area contributed by atoms with Crippen molar-refractivity contribution >= 4 is 28.5 Å². The first-order valence-corrected chi connectivity index (χ1v) is 7.91. The van der Waals surface area contributed by atoms with Crippen molar-refractivity contribution in [3.63, 3.8) is 0 Å². The Hall–Kier alpha value is -1.78. The summed E-state index contributed by atoms with van der Waals surface area (Å²) in [5.74, 6) is 1.39. The number of aryl methyl sites for hydroxylation is 1. The number of benzene rings is 2. The maximum absolute atomic E-state index is 12.3. The number of hydrogen-bond donors (Lipinski definition) is 0. The molecule has 3 nitrogen and oxygen atoms in total. The summed E-state index contributed by atoms with van der Waals surface area (Å²) in [6.45, 7) is 2.21. The fourth-order valence-corrected chi connectivity index (χ4v) is 3.21. The Morgan fingerprint density at radius 1 is 1.14 bits per heavy atom. The second kappa shape index (κ2) is 5.92. The van der Waals surface area contributed by atoms with Gasteiger partial charge in [0.2, 0.25) is 6.79 Å². The Morgan fingerprint density at radius 2 is 1.86 bits per heavy atom. The van der Waals surface area contributed by atoms with E-state index in [0.29, 0.717) is 16.4 Å². The van der Waals surface area contributed by atoms with Gasteiger partial charge in [0.05, 0.1) is 10.8 Å². The van der Waals surface area contributed by atoms with E-state index in [0.717, 1.165) is 11.1 Å². The van der Waals surface area contributed by atoms with Gasteiger partial charge in [-0.05, 0) is 42.8 Å². The van der Waals surface area contributed by atoms with Crippen molar-refractivity contribution in [2.75, 3.05) is 6.79 Å². The summed E-state index contributed by atoms with van der Waals surface area (Å²) in [6.07, 6.45) is 1.68. The van der Waals surface area contributed by atoms with Crippen LogP contribution < -0.4 is 9.47 Å². The number of halogens is 1. The molecule has 0 amide bonds. The quantitative estimate of drug-likeness (QED) is 0.855. The molecule has 0 saturated carbocycles. The Kier molecular flexibility index (Phi) is 3.99. The molecule has 1 aliphatic heterocycles. The molecule has 0 fully saturated rings. The second-order valence-electron chi connectivity index (χ2n) is 4.64. The molecule has 2 aromatic carbocycles. The van der Waals surface area contributed by atoms with Gasteiger partial charge in [-0.25, -0.2) is 4.21 Å². The average molecular weight is 321 g/mol. The van der Waals surface area contributed by atoms with E-state index in [4.69, 9.17) is 21.1 Å². The van der Waals surface area contributed by atoms with Crippen LogP contribution in [0.15, 0.2) is 51.7 Å². The summed E-state index contributed by atoms with van der Waals surface area (Å²) in [5, 5.41) is 0. The molecule has 1 unspecified atom stereocenters. The van der Waals surface area contributed by atoms with Crippen molar-refractivity contribution in [2.24, 2.45) is 0 Å². The third-order valence-electron chi connectivity index (χ3n) is 3.09. The molecule has 1 heterocycles. The first-order valence-electron chi connectivity index (χ1n) is 6.39. The zero-order valence-electron chi connectivity index (χ0n) is 11.3. The molecule has 0 spiro atoms. The van der Waals surface area contributed by atoms with E-state index in [1.54, 1.807) is 6.08 Å². The first kappa shape index (κ1) is 14.2. The van der Waals surface area contributed by atoms with Crippen LogP contribution in [0.3, 0.4) is 0 Å². The van der Waals surface area contributed by atoms with Crippen molar-refractivity contribution in [3.8, 4) is 11.5 Å². The van der Waals surface area contributed by atoms with Crippen LogP contribution in [0.25, 0.3) is 6.08 Å². The third-order valence-corrected chi connectivity index (χ3v) is 4.79. The van der Waals surface area contributed by atoms with Gasteiger partial charge in [-0.2, -0.15) is 0 Å². The summed E-state index contributed by atoms with van der Waals surface area (Å²) in [5.41, 5.74) is 1.94. The Morgan fingerprint density at radius 3 is 2.62 bits per heavy atom. The SMILES string of the molecule is Cc1ccc(S(=O)/C(Cl)=C\c2ccc3c(c2)OCO3)cc1. The van der Waals surface area contributed by atoms with Crippen LogP contribution in [0, 0.1) is 6.92 Å². The standard InChI is InChI=1S/C16H13ClO3S/c1-11-2-5-13(6-3-11)21(18)16(17)9-12-4-7-14-15(8-12)20-10-19-14/h2-9H,10H2,1H3/b16-9-. The number of rotatable bonds is 3. The monoisotopic (exact) mass is 320 g/mol. The zero-order valence-corrected chi connectivity index (χ0v) is 12.9. The minimum Gasteiger partial charge on any atom is -0.454 e. The summed E-state index contributed by atoms with van der Waals surface area (Å²) in [4.78, 5) is 0.683. The van der Waals surface area contributed by atoms with Crippen LogP contribution in [0.4, 0.5) is 0 Å². The summed E-state index contributed by atoms with van der Waals surface area (Å²) >= 11 is 6.18. The second-order valence-corrected chi connectivity index (χ2v) is 6.72. The lowest BCUT2D eigenvalue weighted by atomic mass is 10.2. The van der Waals surface area contributed by atoms with Crippen LogP contribution in [-0.4, -0.2) is 11.0 Å². The highest BCUT2D eigenvalue weighted by atomic mass is 35.5. The molecular formula is C16H13ClO3S. The molecule has 3 rings (SSSR count). The lowest BCUT2D eigenvalue weighted by molar-refractivity contribution is 0.174. The molecule has 21 heavy (non-hydrogen) atoms. The highest BCUT2D eigenvalue weighted by molar-refractivity contribution is 7.91. The van der Waals surface area contributed by atoms with E-state index in [2.05, 4.69) is 0 Å². The van der Waals surface area contributed by atoms with Gasteiger partial charge < -0.3 is 9.47 Å². The number of fused-ring (bicyclic) bond motifs is 1. The zero-order chi connectivity index (χ0) is 14.8. The predicted molar refractivity (Wildman–Crippen MR) is 84.0 cm³/mol. The largest absolute Gasteiger partial charge is 0.454 e. The van der Waals surface area contributed by atoms with Crippen LogP contribution >= 0.6 is 11.6 Å². The molecule has 0 saturated heterocycles. The molecule has 0 N–H and O–H groups in total. The van der Waals surface area contributed by atoms with Crippen molar-refractivity contribution < 1.29 is 13.7 Å². The fourth-order valence-electron chi connectivity index (χ4n) is 1.96. The van der Waals surface area contributed by atoms with E-state index in [1.165, 1.54) is 0 Å². The van der Waals surface area contributed by atoms with E-state index in [9.17, 15) is 4.21 Å². The molecule has 0 aliphatic carbocycles. The minimum atomic E-state index is -1.38. The van der Waals surface area contributed by atoms with Crippen LogP contribution in [-0.2, 0) is 10.8 Å². The molecule has 1 atom stereocenters. The van der Waals surface area contributed by atoms with Crippen LogP contribution in [0.1, 0.15) is 11.1 Å². The lowest BCUT2D eigenvalue weighted by Crippen LogP contribution is -1.93. The summed E-state index contributed by atoms with van der Waals surface area (Å²) in [6, 6.07) is 12.9. The highest BCUT2D eigenvalue weighted by Crippen LogP contribution is 2.33. The molecule has 5 heteroatoms. The predicted octanol–water partition coefficient (Wildman–Crippen LogP) is 4.07. The van der Waals surface area contributed by atoms with Crippen molar-refractivity contribution in [1.29, 1.82) is 0 Å². The van der Waals surface area contributed by atoms with Gasteiger partial charge in [0, 0.05) is 4.90 Å². The van der Waals surface area contributed by atoms with Crippen molar-refractivity contribution in [2.45, 2.75) is 11.8 Å². The fraction of sp³-hybridized carbons (Fsp3) is 0.125. The van der Waals surface area contributed by atoms with Crippen LogP contribution in [0.5, 0.6) is 11.5 Å². The van der Waals surface area contributed by atoms with E-state index in [-0.39, 0.29) is 11.2 Å². The first-order chi connectivity index (χ1) is 10.1. The Labute approximate surface area is 130 Å². The molecular weight excluding hydrogens is 308 g/mol. The highest BCUT2D eigenvalue weighted by Gasteiger charge is 2.13. The summed E-state index contributed by atoms with van der Waals surface area (Å²) < 4.78 is 23.2. The number of hydrogen-bond acceptors (Lipinski definition) is 3. The van der Waals surface area contributed by atoms with Gasteiger partial charge in [-0.15, -0.1) is 0 Å². The summed E-state index contributed by atoms with van der Waals surface area (Å²) in [7, 11) is -1.38. The molecule has 1 aliphatic rings. The van der Waals surface area contributed by atoms with Gasteiger partial charge in [0.1, 0.15) is 4.36 Å². The van der Waals surface area contributed by atoms with Crippen molar-refractivity contribution in [1.82, 2.24) is 0 Å². The van der Waals surface area contributed by atoms with E-state index < -0.39 is 10.8 Å². The molecule has 2 aromatic rings. The van der Waals surface area contributed by atoms with Gasteiger partial charge >= 0.3 is 0 Å². The average Bonchev–Trinajstić information content (AvgIpc) is 2.95. The number of ether oxygens (including phenoxy) is 2. The Balaban J connectivity index is 1.85. The van der Waals surface area contributed by atoms with Crippen molar-refractivity contribution in [3.05, 3.63) is 58.0 Å². The molecule has 0 bridgehead atoms. The van der Waals surface area contributed by atoms with Gasteiger partial charge in [-0.3, -0.25) is 0 Å². The lowest BCUT2D eigenvalue weighted by Gasteiger charge is -2.02. The van der Waals surface area contributed by atoms with E-state index >= 15 is 0 Å². The molecule has 0 aromatic heterocycles. The topological polar surface area (TPSA) is 35.5 Å². The maximum atomic E-state index is 12.3. The minimum absolute atomic E-state index is 0.228. The normalized spacial score (nSPS) is 15.0. The van der Waals surface area contributed by atoms with Gasteiger partial charge in [0.15, 0.2) is 11.5 Å². The molecule has 108 valence electrons. The van der Waals surface area contributed by atoms with Crippen LogP contribution in [0.2, 0.25) is 0 Å². The Bertz CT molecular complexity index is 723. The van der Waals surface area contributed by atoms with Gasteiger partial charge in [0.25, 0.3) is 0 Å². The molecule has 0 radical (unpaired) electrons.